The van der Waals surface area contributed by atoms with Crippen LogP contribution in [0.5, 0.6) is 5.75 Å². The van der Waals surface area contributed by atoms with Gasteiger partial charge in [-0.3, -0.25) is 18.8 Å². The van der Waals surface area contributed by atoms with E-state index in [9.17, 15) is 28.7 Å². The van der Waals surface area contributed by atoms with Crippen LogP contribution in [0.25, 0.3) is 0 Å². The van der Waals surface area contributed by atoms with Crippen LogP contribution in [0.2, 0.25) is 0 Å². The molecule has 0 aliphatic carbocycles. The lowest BCUT2D eigenvalue weighted by Gasteiger charge is -2.26. The molecule has 11 nitrogen and oxygen atoms in total. The Kier molecular flexibility index (Phi) is 6.35. The third kappa shape index (κ3) is 4.31. The largest absolute Gasteiger partial charge is 0.501 e. The zero-order valence-corrected chi connectivity index (χ0v) is 19.2. The second-order valence-corrected chi connectivity index (χ2v) is 8.06. The van der Waals surface area contributed by atoms with E-state index in [2.05, 4.69) is 25.1 Å². The van der Waals surface area contributed by atoms with Gasteiger partial charge in [0, 0.05) is 37.7 Å². The highest BCUT2D eigenvalue weighted by Gasteiger charge is 2.33. The molecule has 3 aromatic heterocycles. The number of nitrogens with zero attached hydrogens (tertiary/aromatic N) is 6. The van der Waals surface area contributed by atoms with Crippen molar-refractivity contribution in [1.29, 1.82) is 5.26 Å². The Bertz CT molecular complexity index is 1550. The standard InChI is InChI=1S/C23H19F2N7O4/c1-11(17(16-9-31(2)30-20(16)25)15-6-13(24)5-4-12(15)7-26)21-29-18(19(33)23(35)32(21)3)22(34)28-14-8-27-36-10-14/h4-6,8-11,17,33H,1-3H3,(H,28,34)/t11-,17+/m0/s1. The molecule has 0 aliphatic rings. The zero-order valence-electron chi connectivity index (χ0n) is 19.2. The normalized spacial score (nSPS) is 12.7. The van der Waals surface area contributed by atoms with Crippen molar-refractivity contribution in [1.82, 2.24) is 24.5 Å². The summed E-state index contributed by atoms with van der Waals surface area (Å²) in [7, 11) is 2.81. The number of hydrogen-bond donors (Lipinski definition) is 2. The maximum atomic E-state index is 14.9. The lowest BCUT2D eigenvalue weighted by molar-refractivity contribution is 0.101. The zero-order chi connectivity index (χ0) is 26.1. The number of aromatic hydroxyl groups is 1. The van der Waals surface area contributed by atoms with Crippen LogP contribution < -0.4 is 10.9 Å². The molecule has 184 valence electrons. The predicted molar refractivity (Wildman–Crippen MR) is 120 cm³/mol. The first-order valence-electron chi connectivity index (χ1n) is 10.5. The van der Waals surface area contributed by atoms with E-state index in [0.29, 0.717) is 0 Å². The van der Waals surface area contributed by atoms with Crippen molar-refractivity contribution < 1.29 is 23.2 Å². The lowest BCUT2D eigenvalue weighted by atomic mass is 9.80. The van der Waals surface area contributed by atoms with Crippen molar-refractivity contribution in [2.75, 3.05) is 5.32 Å². The maximum absolute atomic E-state index is 14.9. The minimum Gasteiger partial charge on any atom is -0.501 e. The molecule has 0 aliphatic heterocycles. The van der Waals surface area contributed by atoms with Gasteiger partial charge >= 0.3 is 0 Å². The summed E-state index contributed by atoms with van der Waals surface area (Å²) in [5, 5.41) is 29.6. The molecular weight excluding hydrogens is 476 g/mol. The van der Waals surface area contributed by atoms with Crippen molar-refractivity contribution in [3.05, 3.63) is 87.2 Å². The molecule has 3 heterocycles. The van der Waals surface area contributed by atoms with Crippen LogP contribution in [-0.4, -0.2) is 35.5 Å². The summed E-state index contributed by atoms with van der Waals surface area (Å²) in [5.74, 6) is -5.33. The summed E-state index contributed by atoms with van der Waals surface area (Å²) in [4.78, 5) is 29.8. The summed E-state index contributed by atoms with van der Waals surface area (Å²) in [5.41, 5.74) is -1.14. The number of anilines is 1. The van der Waals surface area contributed by atoms with Gasteiger partial charge in [0.25, 0.3) is 11.5 Å². The van der Waals surface area contributed by atoms with Gasteiger partial charge in [0.1, 0.15) is 23.6 Å². The molecule has 1 amide bonds. The minimum atomic E-state index is -1.04. The van der Waals surface area contributed by atoms with E-state index >= 15 is 0 Å². The van der Waals surface area contributed by atoms with Gasteiger partial charge in [-0.15, -0.1) is 5.10 Å². The molecule has 0 radical (unpaired) electrons. The Morgan fingerprint density at radius 2 is 2.03 bits per heavy atom. The molecule has 0 unspecified atom stereocenters. The average Bonchev–Trinajstić information content (AvgIpc) is 3.46. The van der Waals surface area contributed by atoms with E-state index in [4.69, 9.17) is 0 Å². The SMILES string of the molecule is C[C@H](c1nc(C(=O)Nc2cnoc2)c(O)c(=O)n1C)[C@H](c1cc(F)ccc1C#N)c1cn(C)nc1F. The van der Waals surface area contributed by atoms with Crippen molar-refractivity contribution in [2.24, 2.45) is 14.1 Å². The van der Waals surface area contributed by atoms with Gasteiger partial charge in [0.05, 0.1) is 17.8 Å². The van der Waals surface area contributed by atoms with Gasteiger partial charge in [0.2, 0.25) is 11.7 Å². The summed E-state index contributed by atoms with van der Waals surface area (Å²) in [6, 6.07) is 5.44. The van der Waals surface area contributed by atoms with Gasteiger partial charge in [-0.1, -0.05) is 12.1 Å². The molecule has 0 bridgehead atoms. The highest BCUT2D eigenvalue weighted by atomic mass is 19.1. The molecule has 2 atom stereocenters. The molecular formula is C23H19F2N7O4. The molecule has 36 heavy (non-hydrogen) atoms. The van der Waals surface area contributed by atoms with Gasteiger partial charge in [-0.05, 0) is 23.8 Å². The number of hydrogen-bond acceptors (Lipinski definition) is 8. The predicted octanol–water partition coefficient (Wildman–Crippen LogP) is 2.55. The molecule has 13 heteroatoms. The average molecular weight is 495 g/mol. The monoisotopic (exact) mass is 495 g/mol. The first-order valence-corrected chi connectivity index (χ1v) is 10.5. The number of carbonyl (C=O) groups excluding carboxylic acids is 1. The molecule has 0 saturated heterocycles. The Balaban J connectivity index is 1.91. The van der Waals surface area contributed by atoms with Gasteiger partial charge in [0.15, 0.2) is 5.69 Å². The molecule has 1 aromatic carbocycles. The molecule has 2 N–H and O–H groups in total. The minimum absolute atomic E-state index is 0.0184. The van der Waals surface area contributed by atoms with E-state index in [1.165, 1.54) is 37.2 Å². The Hall–Kier alpha value is -4.86. The number of amides is 1. The van der Waals surface area contributed by atoms with Crippen molar-refractivity contribution in [2.45, 2.75) is 18.8 Å². The first kappa shape index (κ1) is 24.3. The van der Waals surface area contributed by atoms with E-state index < -0.39 is 46.5 Å². The number of aryl methyl sites for hydroxylation is 1. The Morgan fingerprint density at radius 1 is 1.28 bits per heavy atom. The molecule has 0 fully saturated rings. The van der Waals surface area contributed by atoms with Crippen LogP contribution in [0, 0.1) is 23.1 Å². The highest BCUT2D eigenvalue weighted by molar-refractivity contribution is 6.04. The molecule has 0 spiro atoms. The third-order valence-electron chi connectivity index (χ3n) is 5.73. The summed E-state index contributed by atoms with van der Waals surface area (Å²) >= 11 is 0. The van der Waals surface area contributed by atoms with E-state index in [1.54, 1.807) is 6.92 Å². The Labute approximate surface area is 202 Å². The number of aromatic nitrogens is 5. The summed E-state index contributed by atoms with van der Waals surface area (Å²) < 4.78 is 36.1. The van der Waals surface area contributed by atoms with Crippen molar-refractivity contribution in [3.63, 3.8) is 0 Å². The van der Waals surface area contributed by atoms with Crippen LogP contribution >= 0.6 is 0 Å². The van der Waals surface area contributed by atoms with Crippen molar-refractivity contribution in [3.8, 4) is 11.8 Å². The van der Waals surface area contributed by atoms with E-state index in [0.717, 1.165) is 23.0 Å². The second kappa shape index (κ2) is 9.41. The molecule has 4 rings (SSSR count). The molecule has 0 saturated carbocycles. The van der Waals surface area contributed by atoms with E-state index in [1.807, 2.05) is 6.07 Å². The van der Waals surface area contributed by atoms with Gasteiger partial charge < -0.3 is 14.9 Å². The number of nitriles is 1. The van der Waals surface area contributed by atoms with Crippen molar-refractivity contribution >= 4 is 11.6 Å². The molecule has 4 aromatic rings. The van der Waals surface area contributed by atoms with Gasteiger partial charge in [-0.2, -0.15) is 9.65 Å². The number of rotatable bonds is 6. The summed E-state index contributed by atoms with van der Waals surface area (Å²) in [6.07, 6.45) is 3.71. The fourth-order valence-electron chi connectivity index (χ4n) is 4.07. The smallest absolute Gasteiger partial charge is 0.296 e. The fourth-order valence-corrected chi connectivity index (χ4v) is 4.07. The second-order valence-electron chi connectivity index (χ2n) is 8.06. The Morgan fingerprint density at radius 3 is 2.64 bits per heavy atom. The third-order valence-corrected chi connectivity index (χ3v) is 5.73. The van der Waals surface area contributed by atoms with E-state index in [-0.39, 0.29) is 28.2 Å². The fraction of sp³-hybridized carbons (Fsp3) is 0.217. The number of benzene rings is 1. The summed E-state index contributed by atoms with van der Waals surface area (Å²) in [6.45, 7) is 1.57. The lowest BCUT2D eigenvalue weighted by Crippen LogP contribution is -2.29. The topological polar surface area (TPSA) is 152 Å². The van der Waals surface area contributed by atoms with Gasteiger partial charge in [-0.25, -0.2) is 9.37 Å². The van der Waals surface area contributed by atoms with Crippen LogP contribution in [0.4, 0.5) is 14.5 Å². The van der Waals surface area contributed by atoms with Crippen LogP contribution in [0.15, 0.2) is 46.2 Å². The number of halogens is 2. The first-order chi connectivity index (χ1) is 17.1. The quantitative estimate of drug-likeness (QED) is 0.414. The number of nitrogens with one attached hydrogen (secondary N) is 1. The highest BCUT2D eigenvalue weighted by Crippen LogP contribution is 2.40. The number of carbonyl (C=O) groups is 1. The van der Waals surface area contributed by atoms with Crippen LogP contribution in [-0.2, 0) is 14.1 Å². The maximum Gasteiger partial charge on any atom is 0.296 e. The van der Waals surface area contributed by atoms with Crippen LogP contribution in [0.1, 0.15) is 51.8 Å². The van der Waals surface area contributed by atoms with Crippen LogP contribution in [0.3, 0.4) is 0 Å².